The summed E-state index contributed by atoms with van der Waals surface area (Å²) in [6.45, 7) is 4.63. The third-order valence-electron chi connectivity index (χ3n) is 4.47. The van der Waals surface area contributed by atoms with Crippen LogP contribution in [-0.2, 0) is 19.6 Å². The van der Waals surface area contributed by atoms with Crippen molar-refractivity contribution in [1.29, 1.82) is 0 Å². The molecule has 2 atom stereocenters. The van der Waals surface area contributed by atoms with Gasteiger partial charge in [-0.2, -0.15) is 0 Å². The van der Waals surface area contributed by atoms with Crippen molar-refractivity contribution in [1.82, 2.24) is 4.72 Å². The fourth-order valence-corrected chi connectivity index (χ4v) is 3.82. The van der Waals surface area contributed by atoms with Gasteiger partial charge in [-0.15, -0.1) is 0 Å². The molecule has 1 aromatic rings. The molecule has 1 amide bonds. The van der Waals surface area contributed by atoms with Crippen molar-refractivity contribution in [3.63, 3.8) is 0 Å². The monoisotopic (exact) mass is 368 g/mol. The molecular formula is C17H24N2O5S. The number of hydrogen-bond acceptors (Lipinski definition) is 5. The Morgan fingerprint density at radius 2 is 1.96 bits per heavy atom. The first-order valence-electron chi connectivity index (χ1n) is 8.53. The number of anilines is 1. The van der Waals surface area contributed by atoms with Crippen molar-refractivity contribution in [2.24, 2.45) is 0 Å². The summed E-state index contributed by atoms with van der Waals surface area (Å²) >= 11 is 0. The molecule has 2 unspecified atom stereocenters. The molecule has 0 aromatic heterocycles. The summed E-state index contributed by atoms with van der Waals surface area (Å²) in [4.78, 5) is 13.5. The smallest absolute Gasteiger partial charge is 0.227 e. The molecule has 2 aliphatic rings. The Morgan fingerprint density at radius 1 is 1.24 bits per heavy atom. The molecule has 0 aliphatic carbocycles. The highest BCUT2D eigenvalue weighted by Gasteiger charge is 2.34. The zero-order valence-electron chi connectivity index (χ0n) is 14.5. The van der Waals surface area contributed by atoms with Gasteiger partial charge in [0.05, 0.1) is 24.5 Å². The highest BCUT2D eigenvalue weighted by Crippen LogP contribution is 2.25. The number of sulfonamides is 1. The molecule has 3 rings (SSSR count). The number of nitrogens with one attached hydrogen (secondary N) is 1. The van der Waals surface area contributed by atoms with Gasteiger partial charge in [-0.3, -0.25) is 4.79 Å². The van der Waals surface area contributed by atoms with E-state index in [0.717, 1.165) is 18.7 Å². The zero-order chi connectivity index (χ0) is 18.0. The van der Waals surface area contributed by atoms with E-state index in [1.165, 1.54) is 0 Å². The Morgan fingerprint density at radius 3 is 2.56 bits per heavy atom. The van der Waals surface area contributed by atoms with E-state index in [1.54, 1.807) is 30.9 Å². The van der Waals surface area contributed by atoms with Gasteiger partial charge in [0.15, 0.2) is 0 Å². The van der Waals surface area contributed by atoms with Gasteiger partial charge >= 0.3 is 0 Å². The number of amides is 1. The SMILES string of the molecule is CC(C)S(=O)(=O)NC1COCC1Oc1ccc(N2CCCC2=O)cc1. The summed E-state index contributed by atoms with van der Waals surface area (Å²) in [5.41, 5.74) is 0.856. The highest BCUT2D eigenvalue weighted by atomic mass is 32.2. The number of hydrogen-bond donors (Lipinski definition) is 1. The van der Waals surface area contributed by atoms with Crippen molar-refractivity contribution in [3.05, 3.63) is 24.3 Å². The Bertz CT molecular complexity index is 717. The normalized spacial score (nSPS) is 24.3. The number of rotatable bonds is 6. The van der Waals surface area contributed by atoms with Gasteiger partial charge in [0.1, 0.15) is 11.9 Å². The highest BCUT2D eigenvalue weighted by molar-refractivity contribution is 7.90. The van der Waals surface area contributed by atoms with Crippen LogP contribution in [0, 0.1) is 0 Å². The Hall–Kier alpha value is -1.64. The molecular weight excluding hydrogens is 344 g/mol. The van der Waals surface area contributed by atoms with E-state index in [-0.39, 0.29) is 18.6 Å². The molecule has 2 aliphatic heterocycles. The lowest BCUT2D eigenvalue weighted by Crippen LogP contribution is -2.47. The molecule has 2 saturated heterocycles. The molecule has 0 bridgehead atoms. The lowest BCUT2D eigenvalue weighted by atomic mass is 10.2. The van der Waals surface area contributed by atoms with Crippen LogP contribution in [0.4, 0.5) is 5.69 Å². The third-order valence-corrected chi connectivity index (χ3v) is 6.35. The minimum Gasteiger partial charge on any atom is -0.486 e. The minimum absolute atomic E-state index is 0.140. The third kappa shape index (κ3) is 4.13. The fraction of sp³-hybridized carbons (Fsp3) is 0.588. The first-order chi connectivity index (χ1) is 11.9. The van der Waals surface area contributed by atoms with Crippen molar-refractivity contribution in [2.75, 3.05) is 24.7 Å². The van der Waals surface area contributed by atoms with E-state index < -0.39 is 21.3 Å². The van der Waals surface area contributed by atoms with Crippen LogP contribution in [0.5, 0.6) is 5.75 Å². The molecule has 8 heteroatoms. The number of carbonyl (C=O) groups is 1. The molecule has 0 spiro atoms. The van der Waals surface area contributed by atoms with Crippen molar-refractivity contribution in [2.45, 2.75) is 44.1 Å². The van der Waals surface area contributed by atoms with E-state index in [9.17, 15) is 13.2 Å². The molecule has 1 aromatic carbocycles. The average molecular weight is 368 g/mol. The van der Waals surface area contributed by atoms with Crippen LogP contribution < -0.4 is 14.4 Å². The van der Waals surface area contributed by atoms with Crippen LogP contribution >= 0.6 is 0 Å². The van der Waals surface area contributed by atoms with E-state index >= 15 is 0 Å². The van der Waals surface area contributed by atoms with Gasteiger partial charge < -0.3 is 14.4 Å². The van der Waals surface area contributed by atoms with Gasteiger partial charge in [0, 0.05) is 18.7 Å². The first kappa shape index (κ1) is 18.2. The molecule has 25 heavy (non-hydrogen) atoms. The minimum atomic E-state index is -3.38. The zero-order valence-corrected chi connectivity index (χ0v) is 15.3. The Labute approximate surface area is 148 Å². The van der Waals surface area contributed by atoms with Gasteiger partial charge in [-0.05, 0) is 44.5 Å². The molecule has 0 radical (unpaired) electrons. The molecule has 7 nitrogen and oxygen atoms in total. The summed E-state index contributed by atoms with van der Waals surface area (Å²) in [5.74, 6) is 0.764. The summed E-state index contributed by atoms with van der Waals surface area (Å²) in [7, 11) is -3.38. The molecule has 0 saturated carbocycles. The maximum Gasteiger partial charge on any atom is 0.227 e. The molecule has 138 valence electrons. The summed E-state index contributed by atoms with van der Waals surface area (Å²) in [6.07, 6.45) is 1.09. The summed E-state index contributed by atoms with van der Waals surface area (Å²) < 4.78 is 38.0. The second kappa shape index (κ2) is 7.31. The van der Waals surface area contributed by atoms with Gasteiger partial charge in [-0.25, -0.2) is 13.1 Å². The second-order valence-corrected chi connectivity index (χ2v) is 8.92. The summed E-state index contributed by atoms with van der Waals surface area (Å²) in [6, 6.07) is 6.89. The molecule has 2 heterocycles. The topological polar surface area (TPSA) is 84.9 Å². The maximum atomic E-state index is 12.0. The summed E-state index contributed by atoms with van der Waals surface area (Å²) in [5, 5.41) is -0.508. The Kier molecular flexibility index (Phi) is 5.31. The standard InChI is InChI=1S/C17H24N2O5S/c1-12(2)25(21,22)18-15-10-23-11-16(15)24-14-7-5-13(6-8-14)19-9-3-4-17(19)20/h5-8,12,15-16,18H,3-4,9-11H2,1-2H3. The second-order valence-electron chi connectivity index (χ2n) is 6.65. The van der Waals surface area contributed by atoms with E-state index in [1.807, 2.05) is 12.1 Å². The largest absolute Gasteiger partial charge is 0.486 e. The van der Waals surface area contributed by atoms with Crippen molar-refractivity contribution < 1.29 is 22.7 Å². The lowest BCUT2D eigenvalue weighted by molar-refractivity contribution is -0.117. The maximum absolute atomic E-state index is 12.0. The van der Waals surface area contributed by atoms with Crippen molar-refractivity contribution in [3.8, 4) is 5.75 Å². The first-order valence-corrected chi connectivity index (χ1v) is 10.1. The number of benzene rings is 1. The van der Waals surface area contributed by atoms with E-state index in [0.29, 0.717) is 18.8 Å². The van der Waals surface area contributed by atoms with Crippen LogP contribution in [0.2, 0.25) is 0 Å². The molecule has 2 fully saturated rings. The number of carbonyl (C=O) groups excluding carboxylic acids is 1. The predicted octanol–water partition coefficient (Wildman–Crippen LogP) is 1.29. The number of ether oxygens (including phenoxy) is 2. The average Bonchev–Trinajstić information content (AvgIpc) is 3.17. The predicted molar refractivity (Wildman–Crippen MR) is 94.2 cm³/mol. The van der Waals surface area contributed by atoms with Gasteiger partial charge in [-0.1, -0.05) is 0 Å². The number of nitrogens with zero attached hydrogens (tertiary/aromatic N) is 1. The lowest BCUT2D eigenvalue weighted by Gasteiger charge is -2.22. The van der Waals surface area contributed by atoms with Crippen LogP contribution in [0.3, 0.4) is 0 Å². The van der Waals surface area contributed by atoms with Crippen LogP contribution in [0.1, 0.15) is 26.7 Å². The van der Waals surface area contributed by atoms with Crippen molar-refractivity contribution >= 4 is 21.6 Å². The van der Waals surface area contributed by atoms with Crippen LogP contribution in [0.15, 0.2) is 24.3 Å². The van der Waals surface area contributed by atoms with Crippen LogP contribution in [0.25, 0.3) is 0 Å². The van der Waals surface area contributed by atoms with Crippen LogP contribution in [-0.4, -0.2) is 51.5 Å². The quantitative estimate of drug-likeness (QED) is 0.818. The fourth-order valence-electron chi connectivity index (χ4n) is 2.91. The van der Waals surface area contributed by atoms with E-state index in [2.05, 4.69) is 4.72 Å². The Balaban J connectivity index is 1.64. The van der Waals surface area contributed by atoms with E-state index in [4.69, 9.17) is 9.47 Å². The van der Waals surface area contributed by atoms with Gasteiger partial charge in [0.2, 0.25) is 15.9 Å². The molecule has 1 N–H and O–H groups in total. The van der Waals surface area contributed by atoms with Gasteiger partial charge in [0.25, 0.3) is 0 Å².